The average molecular weight is 283 g/mol. The summed E-state index contributed by atoms with van der Waals surface area (Å²) in [4.78, 5) is 0. The molecule has 2 saturated heterocycles. The van der Waals surface area contributed by atoms with Crippen LogP contribution in [0.1, 0.15) is 25.7 Å². The van der Waals surface area contributed by atoms with Gasteiger partial charge in [-0.2, -0.15) is 0 Å². The summed E-state index contributed by atoms with van der Waals surface area (Å²) in [6.07, 6.45) is 5.50. The zero-order chi connectivity index (χ0) is 11.2. The topological polar surface area (TPSA) is 27.7 Å². The SMILES string of the molecule is C1CC[SiH2]OC1.C1CC[SiH2]OC1.[SiH3]O[SiH3]. The van der Waals surface area contributed by atoms with Crippen molar-refractivity contribution < 1.29 is 13.0 Å². The van der Waals surface area contributed by atoms with E-state index in [1.165, 1.54) is 37.8 Å². The van der Waals surface area contributed by atoms with Crippen molar-refractivity contribution in [1.29, 1.82) is 0 Å². The predicted octanol–water partition coefficient (Wildman–Crippen LogP) is -1.84. The Balaban J connectivity index is 0.000000210. The molecule has 0 aromatic carbocycles. The molecule has 0 unspecified atom stereocenters. The van der Waals surface area contributed by atoms with E-state index in [9.17, 15) is 0 Å². The van der Waals surface area contributed by atoms with Crippen LogP contribution in [-0.4, -0.2) is 53.7 Å². The first-order valence-corrected chi connectivity index (χ1v) is 10.8. The molecule has 0 atom stereocenters. The van der Waals surface area contributed by atoms with Gasteiger partial charge >= 0.3 is 0 Å². The van der Waals surface area contributed by atoms with Gasteiger partial charge in [0.25, 0.3) is 0 Å². The third-order valence-electron chi connectivity index (χ3n) is 2.15. The molecular formula is C8H26O3Si4. The molecule has 3 nitrogen and oxygen atoms in total. The van der Waals surface area contributed by atoms with Gasteiger partial charge in [-0.05, 0) is 24.9 Å². The Labute approximate surface area is 105 Å². The van der Waals surface area contributed by atoms with Gasteiger partial charge in [0.2, 0.25) is 0 Å². The number of hydrogen-bond donors (Lipinski definition) is 0. The molecule has 2 rings (SSSR count). The third kappa shape index (κ3) is 14.7. The lowest BCUT2D eigenvalue weighted by molar-refractivity contribution is 0.304. The van der Waals surface area contributed by atoms with Gasteiger partial charge in [-0.15, -0.1) is 0 Å². The molecule has 0 aromatic rings. The Hall–Kier alpha value is 0.748. The van der Waals surface area contributed by atoms with Crippen molar-refractivity contribution in [3.05, 3.63) is 0 Å². The van der Waals surface area contributed by atoms with E-state index in [2.05, 4.69) is 4.12 Å². The Kier molecular flexibility index (Phi) is 15.5. The lowest BCUT2D eigenvalue weighted by atomic mass is 10.4. The van der Waals surface area contributed by atoms with Crippen LogP contribution in [0, 0.1) is 0 Å². The lowest BCUT2D eigenvalue weighted by Gasteiger charge is -2.07. The van der Waals surface area contributed by atoms with Gasteiger partial charge in [0, 0.05) is 13.2 Å². The Morgan fingerprint density at radius 3 is 1.27 bits per heavy atom. The largest absolute Gasteiger partial charge is 0.471 e. The molecule has 2 aliphatic rings. The van der Waals surface area contributed by atoms with Crippen molar-refractivity contribution in [1.82, 2.24) is 0 Å². The minimum absolute atomic E-state index is 0.00849. The fraction of sp³-hybridized carbons (Fsp3) is 1.00. The summed E-state index contributed by atoms with van der Waals surface area (Å²) in [5, 5.41) is 0. The highest BCUT2D eigenvalue weighted by Crippen LogP contribution is 2.01. The number of rotatable bonds is 0. The molecule has 0 spiro atoms. The van der Waals surface area contributed by atoms with E-state index in [1.807, 2.05) is 0 Å². The van der Waals surface area contributed by atoms with Crippen molar-refractivity contribution in [3.8, 4) is 0 Å². The van der Waals surface area contributed by atoms with Crippen LogP contribution in [0.4, 0.5) is 0 Å². The summed E-state index contributed by atoms with van der Waals surface area (Å²) in [6, 6.07) is 2.83. The van der Waals surface area contributed by atoms with Crippen LogP contribution in [0.2, 0.25) is 12.1 Å². The zero-order valence-electron chi connectivity index (χ0n) is 10.3. The first kappa shape index (κ1) is 15.7. The molecule has 0 aliphatic carbocycles. The van der Waals surface area contributed by atoms with Crippen LogP contribution in [0.15, 0.2) is 0 Å². The molecule has 0 radical (unpaired) electrons. The highest BCUT2D eigenvalue weighted by Gasteiger charge is 1.96. The maximum absolute atomic E-state index is 5.21. The summed E-state index contributed by atoms with van der Waals surface area (Å²) in [6.45, 7) is 2.12. The summed E-state index contributed by atoms with van der Waals surface area (Å²) in [5.41, 5.74) is 0. The van der Waals surface area contributed by atoms with Gasteiger partial charge in [-0.1, -0.05) is 12.8 Å². The minimum Gasteiger partial charge on any atom is -0.471 e. The summed E-state index contributed by atoms with van der Waals surface area (Å²) >= 11 is 0. The molecule has 92 valence electrons. The van der Waals surface area contributed by atoms with E-state index >= 15 is 0 Å². The summed E-state index contributed by atoms with van der Waals surface area (Å²) in [5.74, 6) is 0. The molecule has 0 aromatic heterocycles. The summed E-state index contributed by atoms with van der Waals surface area (Å²) < 4.78 is 14.9. The Morgan fingerprint density at radius 1 is 0.800 bits per heavy atom. The minimum atomic E-state index is 0.00849. The maximum Gasteiger partial charge on any atom is 0.161 e. The van der Waals surface area contributed by atoms with Crippen LogP contribution < -0.4 is 0 Å². The van der Waals surface area contributed by atoms with Gasteiger partial charge < -0.3 is 13.0 Å². The van der Waals surface area contributed by atoms with Gasteiger partial charge in [-0.3, -0.25) is 0 Å². The molecule has 2 fully saturated rings. The van der Waals surface area contributed by atoms with E-state index in [0.29, 0.717) is 0 Å². The van der Waals surface area contributed by atoms with Crippen LogP contribution in [-0.2, 0) is 13.0 Å². The van der Waals surface area contributed by atoms with E-state index in [4.69, 9.17) is 8.85 Å². The monoisotopic (exact) mass is 282 g/mol. The molecule has 15 heavy (non-hydrogen) atoms. The Bertz CT molecular complexity index is 75.0. The molecule has 2 heterocycles. The van der Waals surface area contributed by atoms with Gasteiger partial charge in [-0.25, -0.2) is 0 Å². The molecule has 7 heteroatoms. The quantitative estimate of drug-likeness (QED) is 0.489. The smallest absolute Gasteiger partial charge is 0.161 e. The van der Waals surface area contributed by atoms with E-state index in [-0.39, 0.29) is 19.5 Å². The highest BCUT2D eigenvalue weighted by atomic mass is 28.3. The lowest BCUT2D eigenvalue weighted by Crippen LogP contribution is -2.06. The maximum atomic E-state index is 5.21. The van der Waals surface area contributed by atoms with E-state index in [1.54, 1.807) is 0 Å². The second kappa shape index (κ2) is 14.7. The second-order valence-corrected chi connectivity index (χ2v) is 10.1. The summed E-state index contributed by atoms with van der Waals surface area (Å²) in [7, 11) is 1.88. The average Bonchev–Trinajstić information content (AvgIpc) is 2.35. The Morgan fingerprint density at radius 2 is 1.20 bits per heavy atom. The van der Waals surface area contributed by atoms with E-state index in [0.717, 1.165) is 34.2 Å². The molecule has 0 bridgehead atoms. The fourth-order valence-electron chi connectivity index (χ4n) is 1.37. The van der Waals surface area contributed by atoms with Crippen LogP contribution >= 0.6 is 0 Å². The van der Waals surface area contributed by atoms with Crippen molar-refractivity contribution in [2.24, 2.45) is 0 Å². The van der Waals surface area contributed by atoms with Crippen molar-refractivity contribution >= 4 is 40.5 Å². The predicted molar refractivity (Wildman–Crippen MR) is 78.0 cm³/mol. The molecular weight excluding hydrogens is 256 g/mol. The van der Waals surface area contributed by atoms with Crippen molar-refractivity contribution in [2.75, 3.05) is 13.2 Å². The fourth-order valence-corrected chi connectivity index (χ4v) is 3.71. The van der Waals surface area contributed by atoms with Gasteiger partial charge in [0.1, 0.15) is 21.0 Å². The third-order valence-corrected chi connectivity index (χ3v) is 4.89. The number of hydrogen-bond acceptors (Lipinski definition) is 3. The molecule has 0 amide bonds. The highest BCUT2D eigenvalue weighted by molar-refractivity contribution is 6.27. The second-order valence-electron chi connectivity index (χ2n) is 3.75. The molecule has 0 N–H and O–H groups in total. The van der Waals surface area contributed by atoms with Crippen LogP contribution in [0.3, 0.4) is 0 Å². The van der Waals surface area contributed by atoms with E-state index < -0.39 is 0 Å². The molecule has 2 aliphatic heterocycles. The van der Waals surface area contributed by atoms with Gasteiger partial charge in [0.15, 0.2) is 19.5 Å². The van der Waals surface area contributed by atoms with Crippen LogP contribution in [0.5, 0.6) is 0 Å². The normalized spacial score (nSPS) is 24.0. The molecule has 0 saturated carbocycles. The van der Waals surface area contributed by atoms with Crippen molar-refractivity contribution in [3.63, 3.8) is 0 Å². The zero-order valence-corrected chi connectivity index (χ0v) is 17.1. The van der Waals surface area contributed by atoms with Gasteiger partial charge in [0.05, 0.1) is 0 Å². The first-order valence-electron chi connectivity index (χ1n) is 5.97. The first-order chi connectivity index (χ1) is 7.41. The standard InChI is InChI=1S/2C4H10OSi.H6OSi2/c2*1-2-4-6-5-3-1;2-1-3/h2*1-4,6H2;2-3H3. The van der Waals surface area contributed by atoms with Crippen LogP contribution in [0.25, 0.3) is 0 Å². The van der Waals surface area contributed by atoms with Crippen molar-refractivity contribution in [2.45, 2.75) is 37.8 Å².